The van der Waals surface area contributed by atoms with E-state index in [1.807, 2.05) is 39.0 Å². The summed E-state index contributed by atoms with van der Waals surface area (Å²) in [6.45, 7) is 7.43. The second kappa shape index (κ2) is 9.37. The first-order valence-corrected chi connectivity index (χ1v) is 10.5. The standard InChI is InChI=1S/C22H30ClN3O4/c1-22(2,3)30-21(28)25-19-8-10-26(13-20(19)27)9-7-15-16-11-14(29-4)5-6-18(16)24-12-17(15)23/h5-6,11-12,19-20,27H,7-10,13H2,1-4H3,(H,25,28)/t19-,20+/m1/s1. The van der Waals surface area contributed by atoms with Gasteiger partial charge in [-0.2, -0.15) is 0 Å². The summed E-state index contributed by atoms with van der Waals surface area (Å²) < 4.78 is 10.6. The second-order valence-electron chi connectivity index (χ2n) is 8.63. The van der Waals surface area contributed by atoms with Gasteiger partial charge in [0.15, 0.2) is 0 Å². The van der Waals surface area contributed by atoms with E-state index in [-0.39, 0.29) is 6.04 Å². The van der Waals surface area contributed by atoms with Gasteiger partial charge in [0.25, 0.3) is 0 Å². The lowest BCUT2D eigenvalue weighted by Gasteiger charge is -2.36. The second-order valence-corrected chi connectivity index (χ2v) is 9.03. The average molecular weight is 436 g/mol. The Morgan fingerprint density at radius 1 is 1.40 bits per heavy atom. The highest BCUT2D eigenvalue weighted by atomic mass is 35.5. The molecule has 7 nitrogen and oxygen atoms in total. The number of halogens is 1. The molecule has 30 heavy (non-hydrogen) atoms. The van der Waals surface area contributed by atoms with E-state index in [9.17, 15) is 9.90 Å². The number of nitrogens with one attached hydrogen (secondary N) is 1. The van der Waals surface area contributed by atoms with Crippen molar-refractivity contribution in [3.8, 4) is 5.75 Å². The number of aromatic nitrogens is 1. The molecule has 2 atom stereocenters. The molecule has 1 amide bonds. The Bertz CT molecular complexity index is 900. The normalized spacial score (nSPS) is 20.2. The molecule has 0 saturated carbocycles. The molecule has 1 aliphatic rings. The number of aliphatic hydroxyl groups excluding tert-OH is 1. The van der Waals surface area contributed by atoms with Gasteiger partial charge in [-0.15, -0.1) is 0 Å². The number of fused-ring (bicyclic) bond motifs is 1. The highest BCUT2D eigenvalue weighted by Gasteiger charge is 2.30. The van der Waals surface area contributed by atoms with Gasteiger partial charge in [0.2, 0.25) is 0 Å². The first kappa shape index (κ1) is 22.6. The Labute approximate surface area is 182 Å². The van der Waals surface area contributed by atoms with Gasteiger partial charge in [-0.05, 0) is 57.4 Å². The summed E-state index contributed by atoms with van der Waals surface area (Å²) in [4.78, 5) is 18.6. The molecule has 3 rings (SSSR count). The summed E-state index contributed by atoms with van der Waals surface area (Å²) in [5.74, 6) is 0.761. The molecule has 0 aliphatic carbocycles. The smallest absolute Gasteiger partial charge is 0.407 e. The maximum atomic E-state index is 12.0. The zero-order valence-corrected chi connectivity index (χ0v) is 18.7. The highest BCUT2D eigenvalue weighted by molar-refractivity contribution is 6.32. The number of nitrogens with zero attached hydrogens (tertiary/aromatic N) is 2. The topological polar surface area (TPSA) is 83.9 Å². The van der Waals surface area contributed by atoms with Crippen LogP contribution in [0.3, 0.4) is 0 Å². The number of hydrogen-bond acceptors (Lipinski definition) is 6. The summed E-state index contributed by atoms with van der Waals surface area (Å²) in [5, 5.41) is 14.9. The van der Waals surface area contributed by atoms with E-state index in [0.29, 0.717) is 18.0 Å². The maximum Gasteiger partial charge on any atom is 0.407 e. The number of β-amino-alcohol motifs (C(OH)–C–C–N with tert-alkyl or cyclic N) is 1. The van der Waals surface area contributed by atoms with Crippen LogP contribution in [0, 0.1) is 0 Å². The third kappa shape index (κ3) is 5.74. The van der Waals surface area contributed by atoms with Crippen LogP contribution in [0.2, 0.25) is 5.02 Å². The van der Waals surface area contributed by atoms with Crippen LogP contribution in [-0.4, -0.2) is 65.6 Å². The number of carbonyl (C=O) groups is 1. The van der Waals surface area contributed by atoms with Crippen LogP contribution in [0.5, 0.6) is 5.75 Å². The van der Waals surface area contributed by atoms with Crippen molar-refractivity contribution in [3.63, 3.8) is 0 Å². The van der Waals surface area contributed by atoms with Crippen LogP contribution in [0.25, 0.3) is 10.9 Å². The van der Waals surface area contributed by atoms with E-state index in [0.717, 1.165) is 41.7 Å². The average Bonchev–Trinajstić information content (AvgIpc) is 2.67. The van der Waals surface area contributed by atoms with Gasteiger partial charge in [0.1, 0.15) is 11.4 Å². The summed E-state index contributed by atoms with van der Waals surface area (Å²) >= 11 is 6.45. The van der Waals surface area contributed by atoms with Crippen molar-refractivity contribution in [2.24, 2.45) is 0 Å². The van der Waals surface area contributed by atoms with E-state index in [1.54, 1.807) is 13.3 Å². The van der Waals surface area contributed by atoms with Crippen LogP contribution < -0.4 is 10.1 Å². The van der Waals surface area contributed by atoms with E-state index in [4.69, 9.17) is 21.1 Å². The van der Waals surface area contributed by atoms with Crippen molar-refractivity contribution in [2.75, 3.05) is 26.7 Å². The minimum Gasteiger partial charge on any atom is -0.497 e. The van der Waals surface area contributed by atoms with Gasteiger partial charge < -0.3 is 24.8 Å². The minimum atomic E-state index is -0.656. The van der Waals surface area contributed by atoms with Crippen molar-refractivity contribution in [1.82, 2.24) is 15.2 Å². The number of ether oxygens (including phenoxy) is 2. The minimum absolute atomic E-state index is 0.314. The van der Waals surface area contributed by atoms with E-state index in [2.05, 4.69) is 15.2 Å². The lowest BCUT2D eigenvalue weighted by Crippen LogP contribution is -2.54. The van der Waals surface area contributed by atoms with E-state index in [1.165, 1.54) is 0 Å². The number of benzene rings is 1. The molecule has 1 fully saturated rings. The Hall–Kier alpha value is -2.09. The predicted octanol–water partition coefficient (Wildman–Crippen LogP) is 3.40. The number of carbonyl (C=O) groups excluding carboxylic acids is 1. The molecule has 1 aromatic carbocycles. The molecular formula is C22H30ClN3O4. The Morgan fingerprint density at radius 3 is 2.83 bits per heavy atom. The number of methoxy groups -OCH3 is 1. The first-order valence-electron chi connectivity index (χ1n) is 10.2. The summed E-state index contributed by atoms with van der Waals surface area (Å²) in [5.41, 5.74) is 1.32. The third-order valence-corrected chi connectivity index (χ3v) is 5.51. The molecule has 0 bridgehead atoms. The Kier molecular flexibility index (Phi) is 7.06. The number of pyridine rings is 1. The number of rotatable bonds is 5. The number of alkyl carbamates (subject to hydrolysis) is 1. The molecular weight excluding hydrogens is 406 g/mol. The lowest BCUT2D eigenvalue weighted by molar-refractivity contribution is 0.0204. The monoisotopic (exact) mass is 435 g/mol. The van der Waals surface area contributed by atoms with Crippen molar-refractivity contribution >= 4 is 28.6 Å². The summed E-state index contributed by atoms with van der Waals surface area (Å²) in [7, 11) is 1.63. The number of amides is 1. The molecule has 8 heteroatoms. The molecule has 164 valence electrons. The fourth-order valence-corrected chi connectivity index (χ4v) is 3.93. The number of likely N-dealkylation sites (tertiary alicyclic amines) is 1. The Balaban J connectivity index is 1.60. The third-order valence-electron chi connectivity index (χ3n) is 5.18. The molecule has 1 saturated heterocycles. The number of aliphatic hydroxyl groups is 1. The van der Waals surface area contributed by atoms with E-state index < -0.39 is 17.8 Å². The van der Waals surface area contributed by atoms with Gasteiger partial charge in [-0.1, -0.05) is 11.6 Å². The zero-order chi connectivity index (χ0) is 21.9. The fourth-order valence-electron chi connectivity index (χ4n) is 3.68. The molecule has 0 unspecified atom stereocenters. The predicted molar refractivity (Wildman–Crippen MR) is 117 cm³/mol. The van der Waals surface area contributed by atoms with Crippen molar-refractivity contribution in [1.29, 1.82) is 0 Å². The zero-order valence-electron chi connectivity index (χ0n) is 17.9. The van der Waals surface area contributed by atoms with Crippen molar-refractivity contribution in [2.45, 2.75) is 51.4 Å². The van der Waals surface area contributed by atoms with Gasteiger partial charge in [0, 0.05) is 31.2 Å². The molecule has 0 radical (unpaired) electrons. The fraction of sp³-hybridized carbons (Fsp3) is 0.545. The number of piperidine rings is 1. The molecule has 2 N–H and O–H groups in total. The lowest BCUT2D eigenvalue weighted by atomic mass is 10.0. The first-order chi connectivity index (χ1) is 14.2. The van der Waals surface area contributed by atoms with Gasteiger partial charge in [-0.3, -0.25) is 4.98 Å². The Morgan fingerprint density at radius 2 is 2.17 bits per heavy atom. The SMILES string of the molecule is COc1ccc2ncc(Cl)c(CCN3CC[C@@H](NC(=O)OC(C)(C)C)[C@@H](O)C3)c2c1. The van der Waals surface area contributed by atoms with Crippen LogP contribution in [0.4, 0.5) is 4.79 Å². The maximum absolute atomic E-state index is 12.0. The van der Waals surface area contributed by atoms with Crippen LogP contribution >= 0.6 is 11.6 Å². The van der Waals surface area contributed by atoms with Crippen molar-refractivity contribution < 1.29 is 19.4 Å². The van der Waals surface area contributed by atoms with Gasteiger partial charge >= 0.3 is 6.09 Å². The van der Waals surface area contributed by atoms with Gasteiger partial charge in [0.05, 0.1) is 29.8 Å². The highest BCUT2D eigenvalue weighted by Crippen LogP contribution is 2.28. The summed E-state index contributed by atoms with van der Waals surface area (Å²) in [6, 6.07) is 5.44. The number of hydrogen-bond donors (Lipinski definition) is 2. The van der Waals surface area contributed by atoms with Crippen LogP contribution in [0.1, 0.15) is 32.8 Å². The van der Waals surface area contributed by atoms with Crippen molar-refractivity contribution in [3.05, 3.63) is 35.0 Å². The van der Waals surface area contributed by atoms with Crippen LogP contribution in [-0.2, 0) is 11.2 Å². The largest absolute Gasteiger partial charge is 0.497 e. The quantitative estimate of drug-likeness (QED) is 0.748. The molecule has 2 aromatic rings. The molecule has 1 aromatic heterocycles. The van der Waals surface area contributed by atoms with E-state index >= 15 is 0 Å². The van der Waals surface area contributed by atoms with Gasteiger partial charge in [-0.25, -0.2) is 4.79 Å². The van der Waals surface area contributed by atoms with Crippen LogP contribution in [0.15, 0.2) is 24.4 Å². The molecule has 2 heterocycles. The molecule has 1 aliphatic heterocycles. The summed E-state index contributed by atoms with van der Waals surface area (Å²) in [6.07, 6.45) is 1.90. The molecule has 0 spiro atoms.